The maximum absolute atomic E-state index is 5.68. The van der Waals surface area contributed by atoms with E-state index in [-0.39, 0.29) is 29.5 Å². The number of guanidine groups is 1. The largest absolute Gasteiger partial charge is 0.489 e. The van der Waals surface area contributed by atoms with Crippen LogP contribution in [0.4, 0.5) is 0 Å². The van der Waals surface area contributed by atoms with Crippen molar-refractivity contribution in [3.8, 4) is 5.75 Å². The zero-order valence-electron chi connectivity index (χ0n) is 15.9. The van der Waals surface area contributed by atoms with Gasteiger partial charge < -0.3 is 20.7 Å². The average molecular weight is 460 g/mol. The molecule has 0 saturated carbocycles. The van der Waals surface area contributed by atoms with Gasteiger partial charge in [0.2, 0.25) is 0 Å². The number of ether oxygens (including phenoxy) is 1. The lowest BCUT2D eigenvalue weighted by Crippen LogP contribution is -2.44. The van der Waals surface area contributed by atoms with E-state index in [1.807, 2.05) is 24.3 Å². The fourth-order valence-electron chi connectivity index (χ4n) is 2.05. The third-order valence-corrected chi connectivity index (χ3v) is 3.15. The van der Waals surface area contributed by atoms with Crippen LogP contribution in [0, 0.1) is 0 Å². The van der Waals surface area contributed by atoms with E-state index >= 15 is 0 Å². The van der Waals surface area contributed by atoms with Gasteiger partial charge in [-0.05, 0) is 33.8 Å². The standard InChI is InChI=1S/C19H32N4O.HI/c1-6-14-24-17-11-9-8-10-16(17)15-22-18(20-7-2)21-12-13-23-19(3,4)5;/h6,8-11,23H,1,7,12-15H2,2-5H3,(H2,20,21,22);1H. The number of rotatable bonds is 9. The van der Waals surface area contributed by atoms with Crippen LogP contribution >= 0.6 is 24.0 Å². The van der Waals surface area contributed by atoms with Crippen LogP contribution in [0.5, 0.6) is 5.75 Å². The van der Waals surface area contributed by atoms with Crippen molar-refractivity contribution in [3.05, 3.63) is 42.5 Å². The summed E-state index contributed by atoms with van der Waals surface area (Å²) in [6.07, 6.45) is 1.74. The molecule has 0 bridgehead atoms. The minimum absolute atomic E-state index is 0. The Labute approximate surface area is 169 Å². The molecule has 1 aromatic carbocycles. The van der Waals surface area contributed by atoms with Crippen LogP contribution in [0.15, 0.2) is 41.9 Å². The second kappa shape index (κ2) is 13.0. The fraction of sp³-hybridized carbons (Fsp3) is 0.526. The molecule has 0 radical (unpaired) electrons. The highest BCUT2D eigenvalue weighted by Gasteiger charge is 2.07. The minimum Gasteiger partial charge on any atom is -0.489 e. The molecular formula is C19H33IN4O. The number of para-hydroxylation sites is 1. The molecular weight excluding hydrogens is 427 g/mol. The molecule has 0 aliphatic carbocycles. The summed E-state index contributed by atoms with van der Waals surface area (Å²) >= 11 is 0. The van der Waals surface area contributed by atoms with Crippen LogP contribution in [0.2, 0.25) is 0 Å². The number of hydrogen-bond acceptors (Lipinski definition) is 3. The van der Waals surface area contributed by atoms with E-state index in [9.17, 15) is 0 Å². The van der Waals surface area contributed by atoms with Gasteiger partial charge in [-0.2, -0.15) is 0 Å². The molecule has 0 aromatic heterocycles. The predicted octanol–water partition coefficient (Wildman–Crippen LogP) is 3.31. The first-order chi connectivity index (χ1) is 11.5. The van der Waals surface area contributed by atoms with Gasteiger partial charge >= 0.3 is 0 Å². The number of halogens is 1. The van der Waals surface area contributed by atoms with Gasteiger partial charge in [-0.1, -0.05) is 30.9 Å². The summed E-state index contributed by atoms with van der Waals surface area (Å²) in [5.41, 5.74) is 1.18. The molecule has 0 spiro atoms. The first-order valence-corrected chi connectivity index (χ1v) is 8.55. The van der Waals surface area contributed by atoms with Gasteiger partial charge in [0.05, 0.1) is 6.54 Å². The zero-order chi connectivity index (χ0) is 17.8. The van der Waals surface area contributed by atoms with Gasteiger partial charge in [0.25, 0.3) is 0 Å². The molecule has 6 heteroatoms. The lowest BCUT2D eigenvalue weighted by molar-refractivity contribution is 0.359. The normalized spacial score (nSPS) is 11.4. The summed E-state index contributed by atoms with van der Waals surface area (Å²) in [4.78, 5) is 4.65. The number of hydrogen-bond donors (Lipinski definition) is 3. The fourth-order valence-corrected chi connectivity index (χ4v) is 2.05. The minimum atomic E-state index is 0. The SMILES string of the molecule is C=CCOc1ccccc1CN=C(NCC)NCCNC(C)(C)C.I. The summed E-state index contributed by atoms with van der Waals surface area (Å²) in [6.45, 7) is 15.8. The van der Waals surface area contributed by atoms with Gasteiger partial charge in [0.1, 0.15) is 12.4 Å². The topological polar surface area (TPSA) is 57.7 Å². The van der Waals surface area contributed by atoms with Crippen molar-refractivity contribution >= 4 is 29.9 Å². The van der Waals surface area contributed by atoms with Crippen molar-refractivity contribution in [2.45, 2.75) is 39.8 Å². The molecule has 1 aromatic rings. The first-order valence-electron chi connectivity index (χ1n) is 8.55. The molecule has 0 heterocycles. The molecule has 142 valence electrons. The van der Waals surface area contributed by atoms with Crippen molar-refractivity contribution in [3.63, 3.8) is 0 Å². The average Bonchev–Trinajstić information content (AvgIpc) is 2.54. The van der Waals surface area contributed by atoms with Crippen LogP contribution in [-0.4, -0.2) is 37.7 Å². The lowest BCUT2D eigenvalue weighted by atomic mass is 10.1. The van der Waals surface area contributed by atoms with E-state index in [0.717, 1.165) is 36.9 Å². The van der Waals surface area contributed by atoms with E-state index in [0.29, 0.717) is 13.2 Å². The van der Waals surface area contributed by atoms with Crippen molar-refractivity contribution in [1.29, 1.82) is 0 Å². The van der Waals surface area contributed by atoms with E-state index < -0.39 is 0 Å². The number of nitrogens with one attached hydrogen (secondary N) is 3. The Balaban J connectivity index is 0.00000576. The Kier molecular flexibility index (Phi) is 12.3. The molecule has 0 unspecified atom stereocenters. The highest BCUT2D eigenvalue weighted by atomic mass is 127. The number of benzene rings is 1. The van der Waals surface area contributed by atoms with E-state index in [2.05, 4.69) is 55.2 Å². The van der Waals surface area contributed by atoms with Crippen molar-refractivity contribution in [2.75, 3.05) is 26.2 Å². The lowest BCUT2D eigenvalue weighted by Gasteiger charge is -2.21. The third kappa shape index (κ3) is 11.0. The molecule has 1 rings (SSSR count). The van der Waals surface area contributed by atoms with Crippen molar-refractivity contribution in [2.24, 2.45) is 4.99 Å². The monoisotopic (exact) mass is 460 g/mol. The van der Waals surface area contributed by atoms with Crippen molar-refractivity contribution < 1.29 is 4.74 Å². The van der Waals surface area contributed by atoms with E-state index in [1.54, 1.807) is 6.08 Å². The van der Waals surface area contributed by atoms with Gasteiger partial charge in [-0.3, -0.25) is 0 Å². The second-order valence-corrected chi connectivity index (χ2v) is 6.51. The maximum Gasteiger partial charge on any atom is 0.191 e. The van der Waals surface area contributed by atoms with Crippen LogP contribution in [0.3, 0.4) is 0 Å². The molecule has 0 saturated heterocycles. The molecule has 3 N–H and O–H groups in total. The van der Waals surface area contributed by atoms with E-state index in [4.69, 9.17) is 4.74 Å². The Morgan fingerprint density at radius 3 is 2.56 bits per heavy atom. The van der Waals surface area contributed by atoms with Gasteiger partial charge in [-0.25, -0.2) is 4.99 Å². The number of aliphatic imine (C=N–C) groups is 1. The molecule has 25 heavy (non-hydrogen) atoms. The van der Waals surface area contributed by atoms with Crippen molar-refractivity contribution in [1.82, 2.24) is 16.0 Å². The van der Waals surface area contributed by atoms with Crippen LogP contribution in [-0.2, 0) is 6.54 Å². The maximum atomic E-state index is 5.68. The highest BCUT2D eigenvalue weighted by Crippen LogP contribution is 2.18. The van der Waals surface area contributed by atoms with Gasteiger partial charge in [0, 0.05) is 30.7 Å². The quantitative estimate of drug-likeness (QED) is 0.174. The third-order valence-electron chi connectivity index (χ3n) is 3.15. The zero-order valence-corrected chi connectivity index (χ0v) is 18.2. The predicted molar refractivity (Wildman–Crippen MR) is 118 cm³/mol. The molecule has 0 fully saturated rings. The summed E-state index contributed by atoms with van der Waals surface area (Å²) in [7, 11) is 0. The number of nitrogens with zero attached hydrogens (tertiary/aromatic N) is 1. The Morgan fingerprint density at radius 1 is 1.20 bits per heavy atom. The highest BCUT2D eigenvalue weighted by molar-refractivity contribution is 14.0. The smallest absolute Gasteiger partial charge is 0.191 e. The molecule has 0 aliphatic rings. The Hall–Kier alpha value is -1.28. The summed E-state index contributed by atoms with van der Waals surface area (Å²) < 4.78 is 5.68. The van der Waals surface area contributed by atoms with Crippen LogP contribution in [0.25, 0.3) is 0 Å². The summed E-state index contributed by atoms with van der Waals surface area (Å²) in [5, 5.41) is 10.1. The summed E-state index contributed by atoms with van der Waals surface area (Å²) in [6, 6.07) is 7.96. The van der Waals surface area contributed by atoms with Crippen LogP contribution in [0.1, 0.15) is 33.3 Å². The van der Waals surface area contributed by atoms with Crippen LogP contribution < -0.4 is 20.7 Å². The van der Waals surface area contributed by atoms with Gasteiger partial charge in [-0.15, -0.1) is 24.0 Å². The summed E-state index contributed by atoms with van der Waals surface area (Å²) in [5.74, 6) is 1.66. The second-order valence-electron chi connectivity index (χ2n) is 6.51. The molecule has 5 nitrogen and oxygen atoms in total. The Morgan fingerprint density at radius 2 is 1.92 bits per heavy atom. The first kappa shape index (κ1) is 23.7. The van der Waals surface area contributed by atoms with E-state index in [1.165, 1.54) is 0 Å². The molecule has 0 amide bonds. The Bertz CT molecular complexity index is 526. The molecule has 0 atom stereocenters. The van der Waals surface area contributed by atoms with Gasteiger partial charge in [0.15, 0.2) is 5.96 Å². The molecule has 0 aliphatic heterocycles.